The second-order valence-electron chi connectivity index (χ2n) is 9.05. The van der Waals surface area contributed by atoms with Crippen molar-refractivity contribution < 1.29 is 0 Å². The van der Waals surface area contributed by atoms with E-state index in [1.54, 1.807) is 0 Å². The minimum Gasteiger partial charge on any atom is -0.303 e. The molecule has 2 saturated heterocycles. The molecule has 0 aromatic carbocycles. The van der Waals surface area contributed by atoms with E-state index in [0.717, 1.165) is 0 Å². The van der Waals surface area contributed by atoms with Crippen molar-refractivity contribution in [1.82, 2.24) is 24.8 Å². The summed E-state index contributed by atoms with van der Waals surface area (Å²) in [5, 5.41) is 8.79. The molecule has 3 fully saturated rings. The fourth-order valence-corrected chi connectivity index (χ4v) is 4.58. The number of hydrogen-bond acceptors (Lipinski definition) is 4. The predicted molar refractivity (Wildman–Crippen MR) is 96.2 cm³/mol. The van der Waals surface area contributed by atoms with Crippen LogP contribution in [0.5, 0.6) is 0 Å². The van der Waals surface area contributed by atoms with Crippen LogP contribution >= 0.6 is 0 Å². The van der Waals surface area contributed by atoms with Crippen molar-refractivity contribution in [3.8, 4) is 0 Å². The zero-order valence-electron chi connectivity index (χ0n) is 15.5. The van der Waals surface area contributed by atoms with Crippen LogP contribution in [0.2, 0.25) is 0 Å². The lowest BCUT2D eigenvalue weighted by molar-refractivity contribution is 0.101. The van der Waals surface area contributed by atoms with Gasteiger partial charge < -0.3 is 9.80 Å². The molecule has 24 heavy (non-hydrogen) atoms. The number of nitrogens with zero attached hydrogens (tertiary/aromatic N) is 5. The van der Waals surface area contributed by atoms with Gasteiger partial charge in [0.2, 0.25) is 0 Å². The molecule has 0 N–H and O–H groups in total. The van der Waals surface area contributed by atoms with E-state index in [9.17, 15) is 0 Å². The molecule has 3 heterocycles. The third-order valence-corrected chi connectivity index (χ3v) is 5.96. The zero-order valence-corrected chi connectivity index (χ0v) is 15.5. The average Bonchev–Trinajstić information content (AvgIpc) is 3.07. The van der Waals surface area contributed by atoms with Crippen LogP contribution in [0, 0.1) is 5.41 Å². The summed E-state index contributed by atoms with van der Waals surface area (Å²) >= 11 is 0. The number of rotatable bonds is 6. The van der Waals surface area contributed by atoms with Crippen molar-refractivity contribution in [2.45, 2.75) is 64.3 Å². The molecule has 1 aromatic heterocycles. The van der Waals surface area contributed by atoms with Crippen LogP contribution in [0.15, 0.2) is 6.20 Å². The highest BCUT2D eigenvalue weighted by Crippen LogP contribution is 2.39. The van der Waals surface area contributed by atoms with Crippen molar-refractivity contribution >= 4 is 0 Å². The van der Waals surface area contributed by atoms with E-state index in [1.807, 2.05) is 0 Å². The molecular weight excluding hydrogens is 298 g/mol. The zero-order chi connectivity index (χ0) is 16.6. The molecule has 2 aliphatic heterocycles. The number of aromatic nitrogens is 3. The van der Waals surface area contributed by atoms with Crippen LogP contribution < -0.4 is 0 Å². The van der Waals surface area contributed by atoms with Crippen LogP contribution in [-0.2, 0) is 0 Å². The third kappa shape index (κ3) is 3.99. The van der Waals surface area contributed by atoms with E-state index in [-0.39, 0.29) is 0 Å². The summed E-state index contributed by atoms with van der Waals surface area (Å²) in [5.41, 5.74) is 1.62. The summed E-state index contributed by atoms with van der Waals surface area (Å²) in [6.45, 7) is 12.4. The largest absolute Gasteiger partial charge is 0.303 e. The number of likely N-dealkylation sites (tertiary alicyclic amines) is 2. The van der Waals surface area contributed by atoms with Gasteiger partial charge in [-0.3, -0.25) is 0 Å². The van der Waals surface area contributed by atoms with Gasteiger partial charge in [-0.25, -0.2) is 4.68 Å². The third-order valence-electron chi connectivity index (χ3n) is 5.96. The second kappa shape index (κ2) is 6.75. The second-order valence-corrected chi connectivity index (χ2v) is 9.05. The standard InChI is InChI=1S/C19H33N5/c1-19(2,14-22-9-3-4-10-22)15-23-11-7-17(8-12-23)24-13-18(20-21-24)16-5-6-16/h13,16-17H,3-12,14-15H2,1-2H3. The molecule has 3 aliphatic rings. The van der Waals surface area contributed by atoms with Gasteiger partial charge in [0.05, 0.1) is 11.7 Å². The highest BCUT2D eigenvalue weighted by Gasteiger charge is 2.30. The lowest BCUT2D eigenvalue weighted by Crippen LogP contribution is -2.44. The van der Waals surface area contributed by atoms with Gasteiger partial charge in [0.25, 0.3) is 0 Å². The molecule has 0 spiro atoms. The Bertz CT molecular complexity index is 534. The molecule has 134 valence electrons. The molecule has 1 aromatic rings. The van der Waals surface area contributed by atoms with E-state index >= 15 is 0 Å². The maximum absolute atomic E-state index is 4.41. The van der Waals surface area contributed by atoms with Crippen LogP contribution in [0.1, 0.15) is 70.0 Å². The maximum atomic E-state index is 4.41. The van der Waals surface area contributed by atoms with E-state index < -0.39 is 0 Å². The first-order chi connectivity index (χ1) is 11.6. The quantitative estimate of drug-likeness (QED) is 0.803. The number of piperidine rings is 1. The van der Waals surface area contributed by atoms with E-state index in [1.165, 1.54) is 83.5 Å². The molecule has 0 bridgehead atoms. The van der Waals surface area contributed by atoms with Crippen molar-refractivity contribution in [2.24, 2.45) is 5.41 Å². The Kier molecular flexibility index (Phi) is 4.65. The summed E-state index contributed by atoms with van der Waals surface area (Å²) < 4.78 is 2.15. The fourth-order valence-electron chi connectivity index (χ4n) is 4.58. The Balaban J connectivity index is 1.25. The van der Waals surface area contributed by atoms with Gasteiger partial charge in [0.15, 0.2) is 0 Å². The highest BCUT2D eigenvalue weighted by atomic mass is 15.4. The van der Waals surface area contributed by atoms with E-state index in [2.05, 4.69) is 44.8 Å². The minimum absolute atomic E-state index is 0.392. The van der Waals surface area contributed by atoms with Gasteiger partial charge in [0.1, 0.15) is 0 Å². The topological polar surface area (TPSA) is 37.2 Å². The van der Waals surface area contributed by atoms with Crippen molar-refractivity contribution in [3.63, 3.8) is 0 Å². The molecule has 1 aliphatic carbocycles. The summed E-state index contributed by atoms with van der Waals surface area (Å²) in [5.74, 6) is 0.713. The predicted octanol–water partition coefficient (Wildman–Crippen LogP) is 2.91. The lowest BCUT2D eigenvalue weighted by atomic mass is 9.90. The van der Waals surface area contributed by atoms with Crippen LogP contribution in [0.4, 0.5) is 0 Å². The Morgan fingerprint density at radius 2 is 1.58 bits per heavy atom. The molecule has 0 radical (unpaired) electrons. The van der Waals surface area contributed by atoms with Crippen molar-refractivity contribution in [1.29, 1.82) is 0 Å². The smallest absolute Gasteiger partial charge is 0.0858 e. The molecule has 4 rings (SSSR count). The monoisotopic (exact) mass is 331 g/mol. The SMILES string of the molecule is CC(C)(CN1CCCC1)CN1CCC(n2cc(C3CC3)nn2)CC1. The number of hydrogen-bond donors (Lipinski definition) is 0. The van der Waals surface area contributed by atoms with Gasteiger partial charge in [-0.1, -0.05) is 19.1 Å². The molecule has 0 unspecified atom stereocenters. The maximum Gasteiger partial charge on any atom is 0.0858 e. The fraction of sp³-hybridized carbons (Fsp3) is 0.895. The highest BCUT2D eigenvalue weighted by molar-refractivity contribution is 5.09. The van der Waals surface area contributed by atoms with Gasteiger partial charge in [0, 0.05) is 38.3 Å². The van der Waals surface area contributed by atoms with Gasteiger partial charge >= 0.3 is 0 Å². The Morgan fingerprint density at radius 1 is 0.958 bits per heavy atom. The lowest BCUT2D eigenvalue weighted by Gasteiger charge is -2.38. The van der Waals surface area contributed by atoms with Gasteiger partial charge in [-0.15, -0.1) is 5.10 Å². The Labute approximate surface area is 146 Å². The molecule has 5 heteroatoms. The van der Waals surface area contributed by atoms with Gasteiger partial charge in [-0.2, -0.15) is 0 Å². The van der Waals surface area contributed by atoms with Crippen molar-refractivity contribution in [2.75, 3.05) is 39.3 Å². The van der Waals surface area contributed by atoms with Crippen LogP contribution in [0.25, 0.3) is 0 Å². The Hall–Kier alpha value is -0.940. The minimum atomic E-state index is 0.392. The summed E-state index contributed by atoms with van der Waals surface area (Å²) in [4.78, 5) is 5.33. The average molecular weight is 332 g/mol. The molecule has 0 amide bonds. The first-order valence-electron chi connectivity index (χ1n) is 9.95. The van der Waals surface area contributed by atoms with E-state index in [4.69, 9.17) is 0 Å². The normalized spacial score (nSPS) is 24.8. The summed E-state index contributed by atoms with van der Waals surface area (Å²) in [7, 11) is 0. The Morgan fingerprint density at radius 3 is 2.21 bits per heavy atom. The molecule has 0 atom stereocenters. The summed E-state index contributed by atoms with van der Waals surface area (Å²) in [6.07, 6.45) is 10.0. The van der Waals surface area contributed by atoms with Crippen LogP contribution in [0.3, 0.4) is 0 Å². The molecule has 1 saturated carbocycles. The molecule has 5 nitrogen and oxygen atoms in total. The van der Waals surface area contributed by atoms with E-state index in [0.29, 0.717) is 17.4 Å². The van der Waals surface area contributed by atoms with Crippen molar-refractivity contribution in [3.05, 3.63) is 11.9 Å². The van der Waals surface area contributed by atoms with Crippen LogP contribution in [-0.4, -0.2) is 64.1 Å². The summed E-state index contributed by atoms with van der Waals surface area (Å²) in [6, 6.07) is 0.558. The molecular formula is C19H33N5. The first kappa shape index (κ1) is 16.5. The van der Waals surface area contributed by atoms with Gasteiger partial charge in [-0.05, 0) is 57.0 Å². The first-order valence-corrected chi connectivity index (χ1v) is 9.95.